The SMILES string of the molecule is c1ccc(-c2nc3c(ccc4ccc(-c5ccc(-c6ccc(N(c7ccccc7)c7ccc(-c8cccc9ccccc89)cc7)cc6)cc5)cc43)o2)cc1. The van der Waals surface area contributed by atoms with E-state index in [-0.39, 0.29) is 0 Å². The molecule has 0 bridgehead atoms. The number of oxazole rings is 1. The van der Waals surface area contributed by atoms with E-state index in [4.69, 9.17) is 9.40 Å². The highest BCUT2D eigenvalue weighted by atomic mass is 16.3. The van der Waals surface area contributed by atoms with E-state index in [0.29, 0.717) is 5.89 Å². The average molecular weight is 691 g/mol. The Morgan fingerprint density at radius 1 is 0.352 bits per heavy atom. The molecule has 54 heavy (non-hydrogen) atoms. The van der Waals surface area contributed by atoms with Crippen molar-refractivity contribution in [3.8, 4) is 44.8 Å². The highest BCUT2D eigenvalue weighted by Crippen LogP contribution is 2.38. The van der Waals surface area contributed by atoms with E-state index in [0.717, 1.165) is 55.6 Å². The normalized spacial score (nSPS) is 11.3. The summed E-state index contributed by atoms with van der Waals surface area (Å²) in [5.41, 5.74) is 13.1. The quantitative estimate of drug-likeness (QED) is 0.167. The number of nitrogens with zero attached hydrogens (tertiary/aromatic N) is 2. The van der Waals surface area contributed by atoms with E-state index < -0.39 is 0 Å². The molecule has 10 rings (SSSR count). The van der Waals surface area contributed by atoms with Crippen LogP contribution in [0.2, 0.25) is 0 Å². The van der Waals surface area contributed by atoms with Crippen LogP contribution in [0.5, 0.6) is 0 Å². The van der Waals surface area contributed by atoms with Crippen molar-refractivity contribution in [1.82, 2.24) is 4.98 Å². The first-order valence-electron chi connectivity index (χ1n) is 18.3. The second-order valence-corrected chi connectivity index (χ2v) is 13.6. The Morgan fingerprint density at radius 3 is 1.59 bits per heavy atom. The van der Waals surface area contributed by atoms with Crippen LogP contribution in [0.1, 0.15) is 0 Å². The topological polar surface area (TPSA) is 29.3 Å². The molecule has 1 aromatic heterocycles. The van der Waals surface area contributed by atoms with Gasteiger partial charge in [0.2, 0.25) is 5.89 Å². The van der Waals surface area contributed by atoms with Crippen LogP contribution in [0.4, 0.5) is 17.1 Å². The molecule has 10 aromatic rings. The first-order chi connectivity index (χ1) is 26.7. The van der Waals surface area contributed by atoms with Crippen molar-refractivity contribution in [2.45, 2.75) is 0 Å². The molecule has 0 unspecified atom stereocenters. The summed E-state index contributed by atoms with van der Waals surface area (Å²) in [6.07, 6.45) is 0. The molecule has 0 atom stereocenters. The van der Waals surface area contributed by atoms with E-state index in [1.54, 1.807) is 0 Å². The predicted octanol–water partition coefficient (Wildman–Crippen LogP) is 14.3. The van der Waals surface area contributed by atoms with E-state index in [9.17, 15) is 0 Å². The van der Waals surface area contributed by atoms with Gasteiger partial charge in [-0.05, 0) is 110 Å². The molecule has 0 spiro atoms. The summed E-state index contributed by atoms with van der Waals surface area (Å²) >= 11 is 0. The minimum absolute atomic E-state index is 0.639. The first-order valence-corrected chi connectivity index (χ1v) is 18.3. The molecule has 3 heteroatoms. The molecule has 0 aliphatic carbocycles. The average Bonchev–Trinajstić information content (AvgIpc) is 3.70. The van der Waals surface area contributed by atoms with Crippen molar-refractivity contribution in [1.29, 1.82) is 0 Å². The number of aromatic nitrogens is 1. The highest BCUT2D eigenvalue weighted by molar-refractivity contribution is 6.05. The Balaban J connectivity index is 0.936. The van der Waals surface area contributed by atoms with Gasteiger partial charge in [-0.3, -0.25) is 0 Å². The summed E-state index contributed by atoms with van der Waals surface area (Å²) in [5.74, 6) is 0.639. The van der Waals surface area contributed by atoms with E-state index >= 15 is 0 Å². The second-order valence-electron chi connectivity index (χ2n) is 13.6. The maximum absolute atomic E-state index is 6.17. The Morgan fingerprint density at radius 2 is 0.870 bits per heavy atom. The van der Waals surface area contributed by atoms with Crippen LogP contribution in [0, 0.1) is 0 Å². The molecule has 254 valence electrons. The first kappa shape index (κ1) is 31.5. The molecule has 0 aliphatic heterocycles. The van der Waals surface area contributed by atoms with Crippen LogP contribution in [-0.2, 0) is 0 Å². The summed E-state index contributed by atoms with van der Waals surface area (Å²) in [5, 5.41) is 4.74. The van der Waals surface area contributed by atoms with E-state index in [1.807, 2.05) is 36.4 Å². The number of fused-ring (bicyclic) bond motifs is 4. The van der Waals surface area contributed by atoms with Gasteiger partial charge in [-0.1, -0.05) is 146 Å². The maximum atomic E-state index is 6.17. The zero-order valence-corrected chi connectivity index (χ0v) is 29.4. The van der Waals surface area contributed by atoms with Gasteiger partial charge >= 0.3 is 0 Å². The van der Waals surface area contributed by atoms with Gasteiger partial charge in [-0.2, -0.15) is 0 Å². The van der Waals surface area contributed by atoms with Crippen LogP contribution < -0.4 is 4.90 Å². The van der Waals surface area contributed by atoms with Gasteiger partial charge in [0, 0.05) is 28.0 Å². The van der Waals surface area contributed by atoms with Crippen molar-refractivity contribution in [3.05, 3.63) is 206 Å². The lowest BCUT2D eigenvalue weighted by molar-refractivity contribution is 0.620. The number of benzene rings is 9. The number of rotatable bonds is 7. The number of anilines is 3. The van der Waals surface area contributed by atoms with Crippen molar-refractivity contribution < 1.29 is 4.42 Å². The van der Waals surface area contributed by atoms with Gasteiger partial charge in [0.15, 0.2) is 5.58 Å². The Kier molecular flexibility index (Phi) is 7.81. The molecule has 0 aliphatic rings. The summed E-state index contributed by atoms with van der Waals surface area (Å²) in [4.78, 5) is 7.23. The van der Waals surface area contributed by atoms with Crippen molar-refractivity contribution in [2.75, 3.05) is 4.90 Å². The molecule has 9 aromatic carbocycles. The van der Waals surface area contributed by atoms with Crippen molar-refractivity contribution >= 4 is 49.7 Å². The summed E-state index contributed by atoms with van der Waals surface area (Å²) < 4.78 is 6.17. The zero-order valence-electron chi connectivity index (χ0n) is 29.4. The number of hydrogen-bond acceptors (Lipinski definition) is 3. The lowest BCUT2D eigenvalue weighted by Gasteiger charge is -2.26. The third kappa shape index (κ3) is 5.78. The molecule has 0 amide bonds. The minimum Gasteiger partial charge on any atom is -0.436 e. The smallest absolute Gasteiger partial charge is 0.227 e. The third-order valence-corrected chi connectivity index (χ3v) is 10.3. The fourth-order valence-electron chi connectivity index (χ4n) is 7.54. The highest BCUT2D eigenvalue weighted by Gasteiger charge is 2.15. The summed E-state index contributed by atoms with van der Waals surface area (Å²) in [6.45, 7) is 0. The summed E-state index contributed by atoms with van der Waals surface area (Å²) in [7, 11) is 0. The van der Waals surface area contributed by atoms with Gasteiger partial charge in [-0.15, -0.1) is 0 Å². The summed E-state index contributed by atoms with van der Waals surface area (Å²) in [6, 6.07) is 73.0. The Labute approximate surface area is 314 Å². The molecule has 0 saturated heterocycles. The predicted molar refractivity (Wildman–Crippen MR) is 225 cm³/mol. The maximum Gasteiger partial charge on any atom is 0.227 e. The van der Waals surface area contributed by atoms with Gasteiger partial charge < -0.3 is 9.32 Å². The lowest BCUT2D eigenvalue weighted by atomic mass is 9.97. The molecule has 0 saturated carbocycles. The third-order valence-electron chi connectivity index (χ3n) is 10.3. The van der Waals surface area contributed by atoms with Crippen LogP contribution >= 0.6 is 0 Å². The monoisotopic (exact) mass is 690 g/mol. The van der Waals surface area contributed by atoms with Gasteiger partial charge in [0.05, 0.1) is 0 Å². The van der Waals surface area contributed by atoms with Crippen LogP contribution in [-0.4, -0.2) is 4.98 Å². The fourth-order valence-corrected chi connectivity index (χ4v) is 7.54. The van der Waals surface area contributed by atoms with E-state index in [2.05, 4.69) is 175 Å². The van der Waals surface area contributed by atoms with Crippen LogP contribution in [0.3, 0.4) is 0 Å². The molecule has 0 N–H and O–H groups in total. The fraction of sp³-hybridized carbons (Fsp3) is 0. The van der Waals surface area contributed by atoms with Crippen LogP contribution in [0.15, 0.2) is 211 Å². The van der Waals surface area contributed by atoms with Gasteiger partial charge in [0.1, 0.15) is 5.52 Å². The Hall–Kier alpha value is -7.23. The minimum atomic E-state index is 0.639. The largest absolute Gasteiger partial charge is 0.436 e. The van der Waals surface area contributed by atoms with E-state index in [1.165, 1.54) is 33.0 Å². The number of para-hydroxylation sites is 1. The molecular weight excluding hydrogens is 657 g/mol. The number of hydrogen-bond donors (Lipinski definition) is 0. The lowest BCUT2D eigenvalue weighted by Crippen LogP contribution is -2.09. The second kappa shape index (κ2) is 13.4. The standard InChI is InChI=1S/C51H34N2O/c1-3-11-41(12-4-1)51-52-50-48-34-42(23-22-40(48)28-33-49(50)54-51)37-20-18-35(19-21-37)36-24-29-44(30-25-36)53(43-14-5-2-6-15-43)45-31-26-39(27-32-45)47-17-9-13-38-10-7-8-16-46(38)47/h1-34H. The van der Waals surface area contributed by atoms with Gasteiger partial charge in [0.25, 0.3) is 0 Å². The van der Waals surface area contributed by atoms with Gasteiger partial charge in [-0.25, -0.2) is 4.98 Å². The van der Waals surface area contributed by atoms with Crippen molar-refractivity contribution in [3.63, 3.8) is 0 Å². The Bertz CT molecular complexity index is 2890. The van der Waals surface area contributed by atoms with Crippen LogP contribution in [0.25, 0.3) is 77.5 Å². The molecule has 0 radical (unpaired) electrons. The molecule has 1 heterocycles. The molecular formula is C51H34N2O. The van der Waals surface area contributed by atoms with Crippen molar-refractivity contribution in [2.24, 2.45) is 0 Å². The molecule has 3 nitrogen and oxygen atoms in total. The zero-order chi connectivity index (χ0) is 35.8. The molecule has 0 fully saturated rings.